The van der Waals surface area contributed by atoms with Gasteiger partial charge in [0.2, 0.25) is 5.91 Å². The molecule has 1 heterocycles. The largest absolute Gasteiger partial charge is 0.378 e. The fourth-order valence-electron chi connectivity index (χ4n) is 3.10. The summed E-state index contributed by atoms with van der Waals surface area (Å²) in [7, 11) is 0. The summed E-state index contributed by atoms with van der Waals surface area (Å²) in [6.45, 7) is 5.08. The number of benzene rings is 2. The minimum Gasteiger partial charge on any atom is -0.378 e. The van der Waals surface area contributed by atoms with Crippen LogP contribution in [-0.2, 0) is 9.53 Å². The Bertz CT molecular complexity index is 773. The summed E-state index contributed by atoms with van der Waals surface area (Å²) in [6, 6.07) is 16.9. The van der Waals surface area contributed by atoms with Gasteiger partial charge >= 0.3 is 0 Å². The second kappa shape index (κ2) is 9.19. The highest BCUT2D eigenvalue weighted by Gasteiger charge is 2.19. The van der Waals surface area contributed by atoms with E-state index in [4.69, 9.17) is 4.74 Å². The van der Waals surface area contributed by atoms with Crippen molar-refractivity contribution in [1.82, 2.24) is 4.90 Å². The van der Waals surface area contributed by atoms with Crippen LogP contribution in [0.15, 0.2) is 54.6 Å². The van der Waals surface area contributed by atoms with Gasteiger partial charge in [-0.1, -0.05) is 24.3 Å². The van der Waals surface area contributed by atoms with Gasteiger partial charge < -0.3 is 19.9 Å². The van der Waals surface area contributed by atoms with Crippen LogP contribution in [0.3, 0.4) is 0 Å². The third kappa shape index (κ3) is 4.86. The van der Waals surface area contributed by atoms with Crippen molar-refractivity contribution >= 4 is 23.2 Å². The number of nitrogens with one attached hydrogen (secondary N) is 1. The Morgan fingerprint density at radius 2 is 1.81 bits per heavy atom. The van der Waals surface area contributed by atoms with E-state index >= 15 is 0 Å². The van der Waals surface area contributed by atoms with E-state index in [2.05, 4.69) is 5.32 Å². The van der Waals surface area contributed by atoms with Gasteiger partial charge in [0, 0.05) is 36.6 Å². The Labute approximate surface area is 159 Å². The number of carbonyl (C=O) groups excluding carboxylic acids is 2. The number of rotatable bonds is 6. The van der Waals surface area contributed by atoms with Crippen molar-refractivity contribution in [1.29, 1.82) is 0 Å². The van der Waals surface area contributed by atoms with Crippen molar-refractivity contribution in [2.24, 2.45) is 0 Å². The van der Waals surface area contributed by atoms with E-state index in [1.165, 1.54) is 0 Å². The topological polar surface area (TPSA) is 61.9 Å². The van der Waals surface area contributed by atoms with Crippen LogP contribution in [0.4, 0.5) is 11.4 Å². The summed E-state index contributed by atoms with van der Waals surface area (Å²) < 4.78 is 5.30. The minimum atomic E-state index is -0.0198. The first kappa shape index (κ1) is 18.9. The summed E-state index contributed by atoms with van der Waals surface area (Å²) in [6.07, 6.45) is 0. The number of nitrogens with zero attached hydrogens (tertiary/aromatic N) is 2. The average Bonchev–Trinajstić information content (AvgIpc) is 2.74. The van der Waals surface area contributed by atoms with Crippen LogP contribution in [0.5, 0.6) is 0 Å². The van der Waals surface area contributed by atoms with E-state index < -0.39 is 0 Å². The van der Waals surface area contributed by atoms with Gasteiger partial charge in [0.15, 0.2) is 0 Å². The van der Waals surface area contributed by atoms with Gasteiger partial charge in [0.1, 0.15) is 0 Å². The standard InChI is InChI=1S/C21H25N3O3/c1-2-24(19-9-4-3-5-10-19)20(25)16-22-18-8-6-7-17(15-18)21(26)23-11-13-27-14-12-23/h3-10,15,22H,2,11-14,16H2,1H3. The Morgan fingerprint density at radius 1 is 1.07 bits per heavy atom. The number of hydrogen-bond acceptors (Lipinski definition) is 4. The van der Waals surface area contributed by atoms with E-state index in [1.807, 2.05) is 49.4 Å². The second-order valence-corrected chi connectivity index (χ2v) is 6.31. The third-order valence-electron chi connectivity index (χ3n) is 4.54. The van der Waals surface area contributed by atoms with E-state index in [-0.39, 0.29) is 18.4 Å². The first-order valence-electron chi connectivity index (χ1n) is 9.25. The Balaban J connectivity index is 1.62. The summed E-state index contributed by atoms with van der Waals surface area (Å²) in [5.41, 5.74) is 2.25. The molecule has 2 amide bonds. The van der Waals surface area contributed by atoms with Gasteiger partial charge in [0.25, 0.3) is 5.91 Å². The van der Waals surface area contributed by atoms with Crippen LogP contribution < -0.4 is 10.2 Å². The monoisotopic (exact) mass is 367 g/mol. The molecule has 27 heavy (non-hydrogen) atoms. The number of ether oxygens (including phenoxy) is 1. The highest BCUT2D eigenvalue weighted by molar-refractivity contribution is 5.97. The molecule has 1 aliphatic rings. The zero-order valence-electron chi connectivity index (χ0n) is 15.6. The van der Waals surface area contributed by atoms with E-state index in [9.17, 15) is 9.59 Å². The summed E-state index contributed by atoms with van der Waals surface area (Å²) in [4.78, 5) is 28.7. The van der Waals surface area contributed by atoms with E-state index in [0.717, 1.165) is 11.4 Å². The van der Waals surface area contributed by atoms with Crippen LogP contribution >= 0.6 is 0 Å². The number of carbonyl (C=O) groups is 2. The Morgan fingerprint density at radius 3 is 2.52 bits per heavy atom. The molecule has 1 saturated heterocycles. The molecule has 0 saturated carbocycles. The molecule has 2 aromatic rings. The van der Waals surface area contributed by atoms with E-state index in [1.54, 1.807) is 21.9 Å². The lowest BCUT2D eigenvalue weighted by Gasteiger charge is -2.27. The fourth-order valence-corrected chi connectivity index (χ4v) is 3.10. The van der Waals surface area contributed by atoms with Crippen LogP contribution in [0.25, 0.3) is 0 Å². The molecule has 0 aliphatic carbocycles. The summed E-state index contributed by atoms with van der Waals surface area (Å²) >= 11 is 0. The molecule has 0 aromatic heterocycles. The maximum atomic E-state index is 12.6. The van der Waals surface area contributed by atoms with Gasteiger partial charge in [-0.3, -0.25) is 9.59 Å². The molecule has 0 spiro atoms. The normalized spacial score (nSPS) is 13.9. The van der Waals surface area contributed by atoms with Crippen LogP contribution in [-0.4, -0.2) is 56.1 Å². The van der Waals surface area contributed by atoms with Gasteiger partial charge in [-0.2, -0.15) is 0 Å². The molecule has 6 nitrogen and oxygen atoms in total. The SMILES string of the molecule is CCN(C(=O)CNc1cccc(C(=O)N2CCOCC2)c1)c1ccccc1. The van der Waals surface area contributed by atoms with Crippen LogP contribution in [0.2, 0.25) is 0 Å². The zero-order chi connectivity index (χ0) is 19.1. The molecule has 142 valence electrons. The van der Waals surface area contributed by atoms with Crippen molar-refractivity contribution < 1.29 is 14.3 Å². The highest BCUT2D eigenvalue weighted by Crippen LogP contribution is 2.16. The van der Waals surface area contributed by atoms with E-state index in [0.29, 0.717) is 38.4 Å². The van der Waals surface area contributed by atoms with Crippen molar-refractivity contribution in [2.75, 3.05) is 49.6 Å². The maximum absolute atomic E-state index is 12.6. The van der Waals surface area contributed by atoms with Crippen molar-refractivity contribution in [3.8, 4) is 0 Å². The van der Waals surface area contributed by atoms with Crippen LogP contribution in [0.1, 0.15) is 17.3 Å². The van der Waals surface area contributed by atoms with Gasteiger partial charge in [-0.25, -0.2) is 0 Å². The molecule has 2 aromatic carbocycles. The lowest BCUT2D eigenvalue weighted by molar-refractivity contribution is -0.116. The molecular weight excluding hydrogens is 342 g/mol. The van der Waals surface area contributed by atoms with Crippen molar-refractivity contribution in [3.05, 3.63) is 60.2 Å². The molecule has 1 fully saturated rings. The molecule has 3 rings (SSSR count). The molecule has 0 unspecified atom stereocenters. The number of anilines is 2. The van der Waals surface area contributed by atoms with Gasteiger partial charge in [-0.05, 0) is 37.3 Å². The molecule has 6 heteroatoms. The third-order valence-corrected chi connectivity index (χ3v) is 4.54. The molecule has 1 aliphatic heterocycles. The maximum Gasteiger partial charge on any atom is 0.254 e. The molecule has 0 atom stereocenters. The number of para-hydroxylation sites is 1. The average molecular weight is 367 g/mol. The van der Waals surface area contributed by atoms with Crippen molar-refractivity contribution in [2.45, 2.75) is 6.92 Å². The minimum absolute atomic E-state index is 0.00672. The first-order chi connectivity index (χ1) is 13.2. The molecule has 0 bridgehead atoms. The summed E-state index contributed by atoms with van der Waals surface area (Å²) in [5, 5.41) is 3.14. The highest BCUT2D eigenvalue weighted by atomic mass is 16.5. The lowest BCUT2D eigenvalue weighted by Crippen LogP contribution is -2.40. The molecule has 0 radical (unpaired) electrons. The Kier molecular flexibility index (Phi) is 6.44. The van der Waals surface area contributed by atoms with Gasteiger partial charge in [0.05, 0.1) is 19.8 Å². The molecular formula is C21H25N3O3. The molecule has 1 N–H and O–H groups in total. The number of amides is 2. The fraction of sp³-hybridized carbons (Fsp3) is 0.333. The van der Waals surface area contributed by atoms with Crippen molar-refractivity contribution in [3.63, 3.8) is 0 Å². The zero-order valence-corrected chi connectivity index (χ0v) is 15.6. The van der Waals surface area contributed by atoms with Gasteiger partial charge in [-0.15, -0.1) is 0 Å². The quantitative estimate of drug-likeness (QED) is 0.853. The Hall–Kier alpha value is -2.86. The first-order valence-corrected chi connectivity index (χ1v) is 9.25. The predicted octanol–water partition coefficient (Wildman–Crippen LogP) is 2.62. The summed E-state index contributed by atoms with van der Waals surface area (Å²) in [5.74, 6) is -0.0265. The lowest BCUT2D eigenvalue weighted by atomic mass is 10.1. The van der Waals surface area contributed by atoms with Crippen LogP contribution in [0, 0.1) is 0 Å². The number of morpholine rings is 1. The smallest absolute Gasteiger partial charge is 0.254 e. The second-order valence-electron chi connectivity index (χ2n) is 6.31. The predicted molar refractivity (Wildman–Crippen MR) is 106 cm³/mol. The number of hydrogen-bond donors (Lipinski definition) is 1. The number of likely N-dealkylation sites (N-methyl/N-ethyl adjacent to an activating group) is 1.